The van der Waals surface area contributed by atoms with Crippen molar-refractivity contribution in [2.45, 2.75) is 26.3 Å². The zero-order chi connectivity index (χ0) is 15.7. The first-order valence-electron chi connectivity index (χ1n) is 7.06. The van der Waals surface area contributed by atoms with Gasteiger partial charge in [0, 0.05) is 24.9 Å². The zero-order valence-corrected chi connectivity index (χ0v) is 13.9. The monoisotopic (exact) mass is 335 g/mol. The maximum absolute atomic E-state index is 12.5. The highest BCUT2D eigenvalue weighted by Gasteiger charge is 2.15. The summed E-state index contributed by atoms with van der Waals surface area (Å²) in [6.07, 6.45) is 3.81. The minimum atomic E-state index is -0.220. The van der Waals surface area contributed by atoms with Crippen LogP contribution in [0.25, 0.3) is 17.1 Å². The van der Waals surface area contributed by atoms with E-state index in [4.69, 9.17) is 4.52 Å². The van der Waals surface area contributed by atoms with Gasteiger partial charge in [0.05, 0.1) is 0 Å². The number of halogens is 1. The van der Waals surface area contributed by atoms with E-state index < -0.39 is 0 Å². The average molecular weight is 336 g/mol. The maximum Gasteiger partial charge on any atom is 0.270 e. The second kappa shape index (κ2) is 6.89. The maximum atomic E-state index is 12.5. The van der Waals surface area contributed by atoms with Crippen LogP contribution in [0.5, 0.6) is 0 Å². The molecule has 0 aliphatic heterocycles. The predicted octanol–water partition coefficient (Wildman–Crippen LogP) is 1.63. The summed E-state index contributed by atoms with van der Waals surface area (Å²) in [6, 6.07) is 3.93. The fourth-order valence-electron chi connectivity index (χ4n) is 2.15. The van der Waals surface area contributed by atoms with Crippen LogP contribution < -0.4 is 10.9 Å². The Bertz CT molecular complexity index is 874. The van der Waals surface area contributed by atoms with E-state index in [0.717, 1.165) is 5.56 Å². The van der Waals surface area contributed by atoms with Gasteiger partial charge in [-0.05, 0) is 38.6 Å². The molecule has 122 valence electrons. The van der Waals surface area contributed by atoms with Crippen molar-refractivity contribution in [3.63, 3.8) is 0 Å². The molecule has 1 unspecified atom stereocenters. The fourth-order valence-corrected chi connectivity index (χ4v) is 2.15. The minimum absolute atomic E-state index is 0. The Kier molecular flexibility index (Phi) is 5.12. The molecule has 0 amide bonds. The number of aryl methyl sites for hydroxylation is 1. The first kappa shape index (κ1) is 17.1. The molecule has 8 heteroatoms. The Balaban J connectivity index is 0.00000192. The number of aromatic nitrogens is 4. The molecule has 0 bridgehead atoms. The standard InChI is InChI=1S/C15H17N5O2.ClH/c1-9-4-5-20-13(6-9)17-8-11(15(20)21)14-18-12(19-22-14)7-10(2)16-3;/h4-6,8,10,16H,7H2,1-3H3;1H. The van der Waals surface area contributed by atoms with Gasteiger partial charge in [-0.25, -0.2) is 4.98 Å². The molecular formula is C15H18ClN5O2. The number of likely N-dealkylation sites (N-methyl/N-ethyl adjacent to an activating group) is 1. The summed E-state index contributed by atoms with van der Waals surface area (Å²) in [5, 5.41) is 7.02. The van der Waals surface area contributed by atoms with Gasteiger partial charge in [-0.2, -0.15) is 4.98 Å². The molecule has 0 saturated heterocycles. The summed E-state index contributed by atoms with van der Waals surface area (Å²) in [5.74, 6) is 0.760. The van der Waals surface area contributed by atoms with Crippen LogP contribution in [0.2, 0.25) is 0 Å². The smallest absolute Gasteiger partial charge is 0.270 e. The lowest BCUT2D eigenvalue weighted by Gasteiger charge is -2.04. The number of nitrogens with zero attached hydrogens (tertiary/aromatic N) is 4. The number of hydrogen-bond acceptors (Lipinski definition) is 6. The van der Waals surface area contributed by atoms with Crippen molar-refractivity contribution < 1.29 is 4.52 Å². The second-order valence-electron chi connectivity index (χ2n) is 5.32. The van der Waals surface area contributed by atoms with Gasteiger partial charge in [-0.15, -0.1) is 12.4 Å². The van der Waals surface area contributed by atoms with E-state index in [0.29, 0.717) is 23.5 Å². The van der Waals surface area contributed by atoms with Crippen molar-refractivity contribution in [1.82, 2.24) is 24.8 Å². The molecular weight excluding hydrogens is 318 g/mol. The summed E-state index contributed by atoms with van der Waals surface area (Å²) < 4.78 is 6.68. The van der Waals surface area contributed by atoms with E-state index in [1.807, 2.05) is 33.0 Å². The molecule has 7 nitrogen and oxygen atoms in total. The van der Waals surface area contributed by atoms with Crippen LogP contribution in [-0.2, 0) is 6.42 Å². The number of hydrogen-bond donors (Lipinski definition) is 1. The molecule has 3 heterocycles. The molecule has 0 fully saturated rings. The van der Waals surface area contributed by atoms with Crippen LogP contribution in [0.4, 0.5) is 0 Å². The average Bonchev–Trinajstić information content (AvgIpc) is 2.95. The van der Waals surface area contributed by atoms with Crippen LogP contribution in [0.3, 0.4) is 0 Å². The fraction of sp³-hybridized carbons (Fsp3) is 0.333. The van der Waals surface area contributed by atoms with Gasteiger partial charge >= 0.3 is 0 Å². The van der Waals surface area contributed by atoms with Crippen LogP contribution in [0.1, 0.15) is 18.3 Å². The van der Waals surface area contributed by atoms with E-state index in [2.05, 4.69) is 20.4 Å². The first-order valence-corrected chi connectivity index (χ1v) is 7.06. The first-order chi connectivity index (χ1) is 10.6. The molecule has 1 atom stereocenters. The topological polar surface area (TPSA) is 85.3 Å². The predicted molar refractivity (Wildman–Crippen MR) is 89.0 cm³/mol. The Hall–Kier alpha value is -2.25. The van der Waals surface area contributed by atoms with Crippen molar-refractivity contribution in [3.05, 3.63) is 46.3 Å². The van der Waals surface area contributed by atoms with Gasteiger partial charge in [0.2, 0.25) is 0 Å². The largest absolute Gasteiger partial charge is 0.334 e. The van der Waals surface area contributed by atoms with Crippen LogP contribution in [0.15, 0.2) is 33.8 Å². The van der Waals surface area contributed by atoms with E-state index in [1.165, 1.54) is 10.6 Å². The number of rotatable bonds is 4. The lowest BCUT2D eigenvalue weighted by molar-refractivity contribution is 0.417. The molecule has 3 aromatic rings. The molecule has 0 radical (unpaired) electrons. The minimum Gasteiger partial charge on any atom is -0.334 e. The molecule has 3 aromatic heterocycles. The normalized spacial score (nSPS) is 12.1. The Morgan fingerprint density at radius 1 is 1.43 bits per heavy atom. The van der Waals surface area contributed by atoms with Gasteiger partial charge in [0.15, 0.2) is 5.82 Å². The van der Waals surface area contributed by atoms with Gasteiger partial charge in [-0.1, -0.05) is 5.16 Å². The molecule has 0 spiro atoms. The van der Waals surface area contributed by atoms with Crippen LogP contribution in [0, 0.1) is 6.92 Å². The Morgan fingerprint density at radius 2 is 2.22 bits per heavy atom. The highest BCUT2D eigenvalue weighted by Crippen LogP contribution is 2.13. The summed E-state index contributed by atoms with van der Waals surface area (Å²) in [5.41, 5.74) is 1.72. The Labute approximate surface area is 139 Å². The molecule has 0 aliphatic carbocycles. The third-order valence-corrected chi connectivity index (χ3v) is 3.55. The van der Waals surface area contributed by atoms with E-state index in [9.17, 15) is 4.79 Å². The summed E-state index contributed by atoms with van der Waals surface area (Å²) in [4.78, 5) is 21.1. The lowest BCUT2D eigenvalue weighted by atomic mass is 10.2. The molecule has 0 saturated carbocycles. The van der Waals surface area contributed by atoms with E-state index >= 15 is 0 Å². The van der Waals surface area contributed by atoms with E-state index in [-0.39, 0.29) is 29.9 Å². The second-order valence-corrected chi connectivity index (χ2v) is 5.32. The third kappa shape index (κ3) is 3.40. The molecule has 3 rings (SSSR count). The zero-order valence-electron chi connectivity index (χ0n) is 13.1. The summed E-state index contributed by atoms with van der Waals surface area (Å²) in [6.45, 7) is 3.97. The van der Waals surface area contributed by atoms with Crippen molar-refractivity contribution in [2.24, 2.45) is 0 Å². The van der Waals surface area contributed by atoms with Crippen molar-refractivity contribution in [2.75, 3.05) is 7.05 Å². The number of pyridine rings is 1. The van der Waals surface area contributed by atoms with Gasteiger partial charge in [0.25, 0.3) is 11.4 Å². The van der Waals surface area contributed by atoms with Crippen LogP contribution in [-0.4, -0.2) is 32.6 Å². The van der Waals surface area contributed by atoms with E-state index in [1.54, 1.807) is 6.20 Å². The summed E-state index contributed by atoms with van der Waals surface area (Å²) >= 11 is 0. The van der Waals surface area contributed by atoms with Crippen molar-refractivity contribution in [3.8, 4) is 11.5 Å². The third-order valence-electron chi connectivity index (χ3n) is 3.55. The molecule has 1 N–H and O–H groups in total. The van der Waals surface area contributed by atoms with Gasteiger partial charge in [-0.3, -0.25) is 9.20 Å². The molecule has 0 aromatic carbocycles. The lowest BCUT2D eigenvalue weighted by Crippen LogP contribution is -2.24. The Morgan fingerprint density at radius 3 is 2.96 bits per heavy atom. The van der Waals surface area contributed by atoms with Crippen molar-refractivity contribution >= 4 is 18.1 Å². The number of nitrogens with one attached hydrogen (secondary N) is 1. The quantitative estimate of drug-likeness (QED) is 0.780. The summed E-state index contributed by atoms with van der Waals surface area (Å²) in [7, 11) is 1.87. The van der Waals surface area contributed by atoms with Crippen LogP contribution >= 0.6 is 12.4 Å². The number of fused-ring (bicyclic) bond motifs is 1. The van der Waals surface area contributed by atoms with Crippen molar-refractivity contribution in [1.29, 1.82) is 0 Å². The highest BCUT2D eigenvalue weighted by molar-refractivity contribution is 5.85. The van der Waals surface area contributed by atoms with Gasteiger partial charge < -0.3 is 9.84 Å². The molecule has 0 aliphatic rings. The van der Waals surface area contributed by atoms with Gasteiger partial charge in [0.1, 0.15) is 11.2 Å². The highest BCUT2D eigenvalue weighted by atomic mass is 35.5. The molecule has 23 heavy (non-hydrogen) atoms. The SMILES string of the molecule is CNC(C)Cc1noc(-c2cnc3cc(C)ccn3c2=O)n1.Cl.